The Morgan fingerprint density at radius 3 is 1.17 bits per heavy atom. The lowest BCUT2D eigenvalue weighted by Crippen LogP contribution is -2.60. The number of carbonyl (C=O) groups excluding carboxylic acids is 9. The largest absolute Gasteiger partial charge is 0.460 e. The molecule has 0 saturated carbocycles. The quantitative estimate of drug-likeness (QED) is 0.0631. The standard InChI is InChI=1S/C39H68N6O14/c1-21(40)30(50)42-23(15-17-27(47)56-36(3,4)5)31(51)44-25(19-29(49)58-38(9,10)11)33(53)43-24(16-18-28(48)57-37(6,7)8)32(52)45-26(20-46)34(54)41-22(2)35(55)59-39(12,13)14/h21-26,46H,15-20,40H2,1-14H3,(H,41,54)(H,42,50)(H,43,53)(H,44,51)(H,45,52)/t21-,22-,23-,24-,25-,26-/m0/s1. The Bertz CT molecular complexity index is 1500. The molecule has 0 radical (unpaired) electrons. The number of aliphatic hydroxyl groups is 1. The number of rotatable bonds is 20. The van der Waals surface area contributed by atoms with Gasteiger partial charge in [-0.3, -0.25) is 38.4 Å². The Hall–Kier alpha value is -4.85. The van der Waals surface area contributed by atoms with E-state index in [-0.39, 0.29) is 12.8 Å². The Balaban J connectivity index is 6.70. The Morgan fingerprint density at radius 2 is 0.797 bits per heavy atom. The van der Waals surface area contributed by atoms with Crippen molar-refractivity contribution in [2.24, 2.45) is 5.73 Å². The number of carbonyl (C=O) groups is 9. The van der Waals surface area contributed by atoms with Gasteiger partial charge in [0.25, 0.3) is 0 Å². The number of hydrogen-bond donors (Lipinski definition) is 7. The third kappa shape index (κ3) is 24.6. The van der Waals surface area contributed by atoms with Gasteiger partial charge in [-0.15, -0.1) is 0 Å². The molecule has 20 heteroatoms. The van der Waals surface area contributed by atoms with Gasteiger partial charge in [-0.2, -0.15) is 0 Å². The van der Waals surface area contributed by atoms with Gasteiger partial charge in [-0.25, -0.2) is 4.79 Å². The van der Waals surface area contributed by atoms with Crippen LogP contribution in [0.2, 0.25) is 0 Å². The van der Waals surface area contributed by atoms with Crippen LogP contribution >= 0.6 is 0 Å². The van der Waals surface area contributed by atoms with Crippen molar-refractivity contribution in [3.8, 4) is 0 Å². The molecule has 0 bridgehead atoms. The van der Waals surface area contributed by atoms with Crippen molar-refractivity contribution < 1.29 is 67.2 Å². The number of nitrogens with two attached hydrogens (primary N) is 1. The zero-order valence-electron chi connectivity index (χ0n) is 37.0. The van der Waals surface area contributed by atoms with Crippen molar-refractivity contribution in [3.05, 3.63) is 0 Å². The summed E-state index contributed by atoms with van der Waals surface area (Å²) in [6.07, 6.45) is -2.32. The van der Waals surface area contributed by atoms with Gasteiger partial charge < -0.3 is 56.4 Å². The normalized spacial score (nSPS) is 15.1. The topological polar surface area (TPSA) is 297 Å². The molecule has 0 aromatic carbocycles. The van der Waals surface area contributed by atoms with E-state index < -0.39 is 138 Å². The predicted molar refractivity (Wildman–Crippen MR) is 213 cm³/mol. The first-order chi connectivity index (χ1) is 26.6. The molecule has 338 valence electrons. The summed E-state index contributed by atoms with van der Waals surface area (Å²) in [4.78, 5) is 118. The van der Waals surface area contributed by atoms with Gasteiger partial charge in [0.1, 0.15) is 52.6 Å². The molecule has 20 nitrogen and oxygen atoms in total. The molecule has 0 unspecified atom stereocenters. The fraction of sp³-hybridized carbons (Fsp3) is 0.769. The van der Waals surface area contributed by atoms with Crippen LogP contribution in [0, 0.1) is 0 Å². The van der Waals surface area contributed by atoms with Gasteiger partial charge in [-0.05, 0) is 110 Å². The SMILES string of the molecule is C[C@H](N)C(=O)N[C@@H](CCC(=O)OC(C)(C)C)C(=O)N[C@@H](CC(=O)OC(C)(C)C)C(=O)N[C@@H](CCC(=O)OC(C)(C)C)C(=O)N[C@@H](CO)C(=O)N[C@@H](C)C(=O)OC(C)(C)C. The highest BCUT2D eigenvalue weighted by Gasteiger charge is 2.35. The molecular formula is C39H68N6O14. The van der Waals surface area contributed by atoms with E-state index in [2.05, 4.69) is 26.6 Å². The molecule has 0 aliphatic carbocycles. The number of hydrogen-bond acceptors (Lipinski definition) is 15. The van der Waals surface area contributed by atoms with Crippen molar-refractivity contribution in [3.63, 3.8) is 0 Å². The fourth-order valence-electron chi connectivity index (χ4n) is 4.68. The van der Waals surface area contributed by atoms with E-state index in [4.69, 9.17) is 24.7 Å². The second-order valence-electron chi connectivity index (χ2n) is 18.0. The van der Waals surface area contributed by atoms with Crippen molar-refractivity contribution in [1.82, 2.24) is 26.6 Å². The summed E-state index contributed by atoms with van der Waals surface area (Å²) in [7, 11) is 0. The minimum Gasteiger partial charge on any atom is -0.460 e. The molecule has 0 aromatic heterocycles. The van der Waals surface area contributed by atoms with Crippen LogP contribution in [-0.4, -0.2) is 124 Å². The van der Waals surface area contributed by atoms with Crippen LogP contribution < -0.4 is 32.3 Å². The van der Waals surface area contributed by atoms with Crippen LogP contribution in [0.15, 0.2) is 0 Å². The second kappa shape index (κ2) is 23.1. The van der Waals surface area contributed by atoms with Crippen LogP contribution in [0.5, 0.6) is 0 Å². The van der Waals surface area contributed by atoms with Crippen molar-refractivity contribution in [2.45, 2.75) is 188 Å². The van der Waals surface area contributed by atoms with Crippen LogP contribution in [0.1, 0.15) is 129 Å². The monoisotopic (exact) mass is 844 g/mol. The van der Waals surface area contributed by atoms with Gasteiger partial charge in [0.2, 0.25) is 29.5 Å². The third-order valence-corrected chi connectivity index (χ3v) is 7.15. The first-order valence-electron chi connectivity index (χ1n) is 19.4. The molecule has 0 spiro atoms. The lowest BCUT2D eigenvalue weighted by molar-refractivity contribution is -0.158. The Kier molecular flexibility index (Phi) is 21.2. The predicted octanol–water partition coefficient (Wildman–Crippen LogP) is 0.0871. The van der Waals surface area contributed by atoms with Crippen LogP contribution in [0.3, 0.4) is 0 Å². The molecule has 0 saturated heterocycles. The summed E-state index contributed by atoms with van der Waals surface area (Å²) in [6.45, 7) is 21.0. The number of amides is 5. The highest BCUT2D eigenvalue weighted by atomic mass is 16.6. The molecule has 59 heavy (non-hydrogen) atoms. The molecule has 8 N–H and O–H groups in total. The molecule has 0 aliphatic rings. The van der Waals surface area contributed by atoms with Gasteiger partial charge in [0.15, 0.2) is 0 Å². The minimum absolute atomic E-state index is 0.307. The van der Waals surface area contributed by atoms with E-state index in [0.29, 0.717) is 0 Å². The summed E-state index contributed by atoms with van der Waals surface area (Å²) in [6, 6.07) is -8.84. The van der Waals surface area contributed by atoms with Crippen molar-refractivity contribution in [1.29, 1.82) is 0 Å². The lowest BCUT2D eigenvalue weighted by Gasteiger charge is -2.28. The maximum absolute atomic E-state index is 14.0. The smallest absolute Gasteiger partial charge is 0.328 e. The van der Waals surface area contributed by atoms with Crippen molar-refractivity contribution in [2.75, 3.05) is 6.61 Å². The van der Waals surface area contributed by atoms with Crippen LogP contribution in [-0.2, 0) is 62.1 Å². The number of ether oxygens (including phenoxy) is 4. The molecule has 0 aromatic rings. The molecule has 0 aliphatic heterocycles. The Morgan fingerprint density at radius 1 is 0.475 bits per heavy atom. The first kappa shape index (κ1) is 54.2. The van der Waals surface area contributed by atoms with Gasteiger partial charge in [0, 0.05) is 12.8 Å². The lowest BCUT2D eigenvalue weighted by atomic mass is 10.1. The summed E-state index contributed by atoms with van der Waals surface area (Å²) in [5, 5.41) is 21.8. The Labute approximate surface area is 346 Å². The number of nitrogens with one attached hydrogen (secondary N) is 5. The summed E-state index contributed by atoms with van der Waals surface area (Å²) in [5.74, 6) is -8.19. The maximum atomic E-state index is 14.0. The first-order valence-corrected chi connectivity index (χ1v) is 19.4. The van der Waals surface area contributed by atoms with E-state index >= 15 is 0 Å². The average molecular weight is 845 g/mol. The van der Waals surface area contributed by atoms with E-state index in [0.717, 1.165) is 0 Å². The van der Waals surface area contributed by atoms with Gasteiger partial charge in [-0.1, -0.05) is 0 Å². The molecule has 0 fully saturated rings. The highest BCUT2D eigenvalue weighted by Crippen LogP contribution is 2.14. The van der Waals surface area contributed by atoms with Crippen LogP contribution in [0.25, 0.3) is 0 Å². The maximum Gasteiger partial charge on any atom is 0.328 e. The van der Waals surface area contributed by atoms with Crippen LogP contribution in [0.4, 0.5) is 0 Å². The molecule has 6 atom stereocenters. The highest BCUT2D eigenvalue weighted by molar-refractivity contribution is 5.98. The van der Waals surface area contributed by atoms with Crippen molar-refractivity contribution >= 4 is 53.4 Å². The molecule has 0 rings (SSSR count). The number of esters is 4. The van der Waals surface area contributed by atoms with E-state index in [1.807, 2.05) is 0 Å². The third-order valence-electron chi connectivity index (χ3n) is 7.15. The zero-order valence-corrected chi connectivity index (χ0v) is 37.0. The minimum atomic E-state index is -1.78. The second-order valence-corrected chi connectivity index (χ2v) is 18.0. The molecular weight excluding hydrogens is 776 g/mol. The molecule has 5 amide bonds. The van der Waals surface area contributed by atoms with E-state index in [9.17, 15) is 48.3 Å². The molecule has 0 heterocycles. The van der Waals surface area contributed by atoms with Gasteiger partial charge >= 0.3 is 23.9 Å². The van der Waals surface area contributed by atoms with E-state index in [1.165, 1.54) is 13.8 Å². The summed E-state index contributed by atoms with van der Waals surface area (Å²) in [5.41, 5.74) is 2.02. The average Bonchev–Trinajstić information content (AvgIpc) is 3.03. The zero-order chi connectivity index (χ0) is 46.3. The van der Waals surface area contributed by atoms with Gasteiger partial charge in [0.05, 0.1) is 19.1 Å². The number of aliphatic hydroxyl groups excluding tert-OH is 1. The fourth-order valence-corrected chi connectivity index (χ4v) is 4.68. The summed E-state index contributed by atoms with van der Waals surface area (Å²) >= 11 is 0. The van der Waals surface area contributed by atoms with E-state index in [1.54, 1.807) is 83.1 Å². The summed E-state index contributed by atoms with van der Waals surface area (Å²) < 4.78 is 21.2.